The molecule has 2 aliphatic carbocycles. The number of hydrogen-bond acceptors (Lipinski definition) is 5. The molecule has 1 unspecified atom stereocenters. The van der Waals surface area contributed by atoms with Crippen molar-refractivity contribution in [3.05, 3.63) is 16.1 Å². The Balaban J connectivity index is 1.40. The van der Waals surface area contributed by atoms with Gasteiger partial charge in [0.2, 0.25) is 0 Å². The highest BCUT2D eigenvalue weighted by atomic mass is 32.1. The average Bonchev–Trinajstić information content (AvgIpc) is 3.37. The molecule has 20 heavy (non-hydrogen) atoms. The minimum Gasteiger partial charge on any atom is -0.389 e. The fourth-order valence-corrected chi connectivity index (χ4v) is 2.87. The Kier molecular flexibility index (Phi) is 4.33. The molecule has 6 heteroatoms. The smallest absolute Gasteiger partial charge is 0.263 e. The maximum absolute atomic E-state index is 12.1. The summed E-state index contributed by atoms with van der Waals surface area (Å²) in [5.74, 6) is 1.03. The Morgan fingerprint density at radius 1 is 1.50 bits per heavy atom. The second kappa shape index (κ2) is 6.20. The minimum atomic E-state index is -0.644. The van der Waals surface area contributed by atoms with Crippen molar-refractivity contribution in [2.45, 2.75) is 37.7 Å². The van der Waals surface area contributed by atoms with E-state index in [0.717, 1.165) is 25.1 Å². The van der Waals surface area contributed by atoms with Crippen molar-refractivity contribution in [2.75, 3.05) is 19.8 Å². The first-order valence-electron chi connectivity index (χ1n) is 7.21. The first-order chi connectivity index (χ1) is 9.74. The first kappa shape index (κ1) is 14.0. The molecule has 1 atom stereocenters. The maximum Gasteiger partial charge on any atom is 0.263 e. The zero-order valence-corrected chi connectivity index (χ0v) is 12.2. The van der Waals surface area contributed by atoms with Crippen LogP contribution < -0.4 is 5.32 Å². The summed E-state index contributed by atoms with van der Waals surface area (Å²) in [6.45, 7) is 1.24. The van der Waals surface area contributed by atoms with Crippen LogP contribution in [0.1, 0.15) is 47.0 Å². The van der Waals surface area contributed by atoms with Crippen LogP contribution in [0.4, 0.5) is 0 Å². The van der Waals surface area contributed by atoms with Gasteiger partial charge in [0.05, 0.1) is 23.9 Å². The lowest BCUT2D eigenvalue weighted by molar-refractivity contribution is 0.0321. The van der Waals surface area contributed by atoms with E-state index in [-0.39, 0.29) is 19.1 Å². The van der Waals surface area contributed by atoms with Crippen LogP contribution in [0.15, 0.2) is 5.51 Å². The summed E-state index contributed by atoms with van der Waals surface area (Å²) in [5, 5.41) is 12.5. The fraction of sp³-hybridized carbons (Fsp3) is 0.714. The normalized spacial score (nSPS) is 19.9. The highest BCUT2D eigenvalue weighted by Gasteiger charge is 2.30. The Morgan fingerprint density at radius 3 is 3.00 bits per heavy atom. The zero-order valence-electron chi connectivity index (χ0n) is 11.4. The van der Waals surface area contributed by atoms with E-state index in [4.69, 9.17) is 4.74 Å². The summed E-state index contributed by atoms with van der Waals surface area (Å²) in [6, 6.07) is 0. The van der Waals surface area contributed by atoms with E-state index in [1.807, 2.05) is 0 Å². The Morgan fingerprint density at radius 2 is 2.30 bits per heavy atom. The molecule has 3 rings (SSSR count). The molecule has 0 spiro atoms. The fourth-order valence-electron chi connectivity index (χ4n) is 2.08. The van der Waals surface area contributed by atoms with Crippen LogP contribution in [0, 0.1) is 5.92 Å². The van der Waals surface area contributed by atoms with E-state index in [1.54, 1.807) is 5.51 Å². The lowest BCUT2D eigenvalue weighted by Crippen LogP contribution is -2.34. The molecule has 2 aliphatic rings. The van der Waals surface area contributed by atoms with Gasteiger partial charge in [0, 0.05) is 19.1 Å². The maximum atomic E-state index is 12.1. The van der Waals surface area contributed by atoms with Gasteiger partial charge in [-0.25, -0.2) is 4.98 Å². The predicted octanol–water partition coefficient (Wildman–Crippen LogP) is 1.54. The summed E-state index contributed by atoms with van der Waals surface area (Å²) in [6.07, 6.45) is 4.09. The van der Waals surface area contributed by atoms with Crippen molar-refractivity contribution < 1.29 is 14.6 Å². The van der Waals surface area contributed by atoms with Gasteiger partial charge in [-0.15, -0.1) is 11.3 Å². The van der Waals surface area contributed by atoms with Crippen LogP contribution in [0.5, 0.6) is 0 Å². The SMILES string of the molecule is O=C(NCC(O)COCC1CC1)c1scnc1C1CC1. The summed E-state index contributed by atoms with van der Waals surface area (Å²) in [5.41, 5.74) is 2.64. The van der Waals surface area contributed by atoms with E-state index >= 15 is 0 Å². The van der Waals surface area contributed by atoms with Gasteiger partial charge in [-0.3, -0.25) is 4.79 Å². The number of aliphatic hydroxyl groups is 1. The molecule has 2 saturated carbocycles. The van der Waals surface area contributed by atoms with Crippen LogP contribution in [-0.4, -0.2) is 41.9 Å². The molecule has 0 radical (unpaired) electrons. The molecular weight excluding hydrogens is 276 g/mol. The topological polar surface area (TPSA) is 71.5 Å². The molecule has 2 fully saturated rings. The third kappa shape index (κ3) is 3.77. The zero-order chi connectivity index (χ0) is 13.9. The number of thiazole rings is 1. The van der Waals surface area contributed by atoms with Crippen molar-refractivity contribution in [1.29, 1.82) is 0 Å². The van der Waals surface area contributed by atoms with Gasteiger partial charge in [0.1, 0.15) is 4.88 Å². The van der Waals surface area contributed by atoms with E-state index < -0.39 is 6.10 Å². The van der Waals surface area contributed by atoms with E-state index in [1.165, 1.54) is 24.2 Å². The second-order valence-corrected chi connectivity index (χ2v) is 6.54. The van der Waals surface area contributed by atoms with Gasteiger partial charge in [-0.1, -0.05) is 0 Å². The molecule has 1 heterocycles. The number of carbonyl (C=O) groups is 1. The second-order valence-electron chi connectivity index (χ2n) is 5.69. The number of ether oxygens (including phenoxy) is 1. The molecule has 1 amide bonds. The average molecular weight is 296 g/mol. The van der Waals surface area contributed by atoms with Gasteiger partial charge in [-0.2, -0.15) is 0 Å². The highest BCUT2D eigenvalue weighted by Crippen LogP contribution is 2.41. The van der Waals surface area contributed by atoms with Crippen molar-refractivity contribution in [1.82, 2.24) is 10.3 Å². The van der Waals surface area contributed by atoms with E-state index in [0.29, 0.717) is 16.7 Å². The Labute approximate surface area is 122 Å². The van der Waals surface area contributed by atoms with Crippen LogP contribution in [0.25, 0.3) is 0 Å². The van der Waals surface area contributed by atoms with Crippen LogP contribution in [0.3, 0.4) is 0 Å². The summed E-state index contributed by atoms with van der Waals surface area (Å²) >= 11 is 1.37. The summed E-state index contributed by atoms with van der Waals surface area (Å²) < 4.78 is 5.40. The molecular formula is C14H20N2O3S. The lowest BCUT2D eigenvalue weighted by atomic mass is 10.2. The van der Waals surface area contributed by atoms with Crippen LogP contribution in [-0.2, 0) is 4.74 Å². The molecule has 110 valence electrons. The molecule has 0 bridgehead atoms. The van der Waals surface area contributed by atoms with Gasteiger partial charge < -0.3 is 15.2 Å². The Hall–Kier alpha value is -0.980. The summed E-state index contributed by atoms with van der Waals surface area (Å²) in [4.78, 5) is 17.0. The van der Waals surface area contributed by atoms with Crippen molar-refractivity contribution in [3.63, 3.8) is 0 Å². The monoisotopic (exact) mass is 296 g/mol. The third-order valence-electron chi connectivity index (χ3n) is 3.62. The van der Waals surface area contributed by atoms with Crippen molar-refractivity contribution >= 4 is 17.2 Å². The van der Waals surface area contributed by atoms with Crippen molar-refractivity contribution in [2.24, 2.45) is 5.92 Å². The minimum absolute atomic E-state index is 0.129. The van der Waals surface area contributed by atoms with Gasteiger partial charge in [0.25, 0.3) is 5.91 Å². The number of rotatable bonds is 8. The molecule has 0 saturated heterocycles. The van der Waals surface area contributed by atoms with E-state index in [9.17, 15) is 9.90 Å². The summed E-state index contributed by atoms with van der Waals surface area (Å²) in [7, 11) is 0. The predicted molar refractivity (Wildman–Crippen MR) is 76.0 cm³/mol. The number of hydrogen-bond donors (Lipinski definition) is 2. The molecule has 0 aliphatic heterocycles. The number of amides is 1. The molecule has 1 aromatic rings. The van der Waals surface area contributed by atoms with Gasteiger partial charge in [0.15, 0.2) is 0 Å². The number of nitrogens with one attached hydrogen (secondary N) is 1. The van der Waals surface area contributed by atoms with Crippen LogP contribution in [0.2, 0.25) is 0 Å². The van der Waals surface area contributed by atoms with E-state index in [2.05, 4.69) is 10.3 Å². The highest BCUT2D eigenvalue weighted by molar-refractivity contribution is 7.11. The molecule has 1 aromatic heterocycles. The first-order valence-corrected chi connectivity index (χ1v) is 8.09. The lowest BCUT2D eigenvalue weighted by Gasteiger charge is -2.12. The molecule has 0 aromatic carbocycles. The Bertz CT molecular complexity index is 469. The third-order valence-corrected chi connectivity index (χ3v) is 4.47. The van der Waals surface area contributed by atoms with Gasteiger partial charge >= 0.3 is 0 Å². The number of nitrogens with zero attached hydrogens (tertiary/aromatic N) is 1. The number of aliphatic hydroxyl groups excluding tert-OH is 1. The number of aromatic nitrogens is 1. The standard InChI is InChI=1S/C14H20N2O3S/c17-11(7-19-6-9-1-2-9)5-15-14(18)13-12(10-3-4-10)16-8-20-13/h8-11,17H,1-7H2,(H,15,18). The largest absolute Gasteiger partial charge is 0.389 e. The molecule has 2 N–H and O–H groups in total. The van der Waals surface area contributed by atoms with Crippen LogP contribution >= 0.6 is 11.3 Å². The number of carbonyl (C=O) groups excluding carboxylic acids is 1. The van der Waals surface area contributed by atoms with Crippen molar-refractivity contribution in [3.8, 4) is 0 Å². The quantitative estimate of drug-likeness (QED) is 0.763. The van der Waals surface area contributed by atoms with Gasteiger partial charge in [-0.05, 0) is 31.6 Å². The molecule has 5 nitrogen and oxygen atoms in total.